The highest BCUT2D eigenvalue weighted by atomic mass is 19.4. The molecular formula is C23H26F3N7O2. The molecule has 12 heteroatoms. The number of nitrogens with one attached hydrogen (secondary N) is 1. The molecular weight excluding hydrogens is 463 g/mol. The van der Waals surface area contributed by atoms with Crippen LogP contribution in [-0.4, -0.2) is 62.7 Å². The number of carbonyl (C=O) groups is 1. The lowest BCUT2D eigenvalue weighted by molar-refractivity contribution is -0.136. The Labute approximate surface area is 199 Å². The number of amides is 1. The summed E-state index contributed by atoms with van der Waals surface area (Å²) in [5, 5.41) is 7.00. The van der Waals surface area contributed by atoms with Gasteiger partial charge in [0.2, 0.25) is 5.88 Å². The van der Waals surface area contributed by atoms with E-state index in [4.69, 9.17) is 10.5 Å². The molecule has 0 radical (unpaired) electrons. The third-order valence-corrected chi connectivity index (χ3v) is 6.87. The van der Waals surface area contributed by atoms with E-state index >= 15 is 0 Å². The second-order valence-electron chi connectivity index (χ2n) is 9.02. The number of hydrogen-bond donors (Lipinski definition) is 2. The summed E-state index contributed by atoms with van der Waals surface area (Å²) in [7, 11) is 1.39. The largest absolute Gasteiger partial charge is 0.480 e. The number of alkyl halides is 3. The van der Waals surface area contributed by atoms with Gasteiger partial charge < -0.3 is 15.8 Å². The Kier molecular flexibility index (Phi) is 5.99. The fourth-order valence-corrected chi connectivity index (χ4v) is 5.18. The monoisotopic (exact) mass is 489 g/mol. The number of nitrogens with zero attached hydrogens (tertiary/aromatic N) is 5. The van der Waals surface area contributed by atoms with Crippen molar-refractivity contribution in [1.29, 1.82) is 0 Å². The molecule has 0 bridgehead atoms. The van der Waals surface area contributed by atoms with E-state index in [1.807, 2.05) is 0 Å². The predicted molar refractivity (Wildman–Crippen MR) is 122 cm³/mol. The minimum absolute atomic E-state index is 0.0186. The molecule has 2 fully saturated rings. The summed E-state index contributed by atoms with van der Waals surface area (Å²) in [5.41, 5.74) is 4.90. The van der Waals surface area contributed by atoms with Crippen LogP contribution in [0, 0.1) is 0 Å². The van der Waals surface area contributed by atoms with Gasteiger partial charge in [-0.2, -0.15) is 18.3 Å². The number of halogens is 3. The quantitative estimate of drug-likeness (QED) is 0.567. The standard InChI is InChI=1S/C23H26F3N7O2/c1-35-22-16(21(34)31-14-6-7-32(11-14)15-4-2-3-5-15)8-13(10-28-22)18-9-17(23(24,25)26)19-20(27)29-12-30-33(18)19/h8-10,12,14-15H,2-7,11H2,1H3,(H,31,34)(H2,27,29,30)/t14-/m0/s1. The topological polar surface area (TPSA) is 111 Å². The van der Waals surface area contributed by atoms with Crippen LogP contribution in [0.1, 0.15) is 48.0 Å². The number of anilines is 1. The smallest absolute Gasteiger partial charge is 0.418 e. The molecule has 5 rings (SSSR count). The fraction of sp³-hybridized carbons (Fsp3) is 0.478. The van der Waals surface area contributed by atoms with E-state index < -0.39 is 11.7 Å². The highest BCUT2D eigenvalue weighted by molar-refractivity contribution is 5.97. The van der Waals surface area contributed by atoms with Crippen molar-refractivity contribution in [2.24, 2.45) is 0 Å². The van der Waals surface area contributed by atoms with Gasteiger partial charge in [-0.15, -0.1) is 0 Å². The number of aromatic nitrogens is 4. The van der Waals surface area contributed by atoms with Crippen molar-refractivity contribution in [3.05, 3.63) is 35.8 Å². The first-order valence-corrected chi connectivity index (χ1v) is 11.5. The highest BCUT2D eigenvalue weighted by Crippen LogP contribution is 2.39. The summed E-state index contributed by atoms with van der Waals surface area (Å²) in [6, 6.07) is 2.96. The first-order valence-electron chi connectivity index (χ1n) is 11.5. The van der Waals surface area contributed by atoms with Crippen LogP contribution < -0.4 is 15.8 Å². The van der Waals surface area contributed by atoms with Crippen LogP contribution in [0.3, 0.4) is 0 Å². The number of carbonyl (C=O) groups excluding carboxylic acids is 1. The number of methoxy groups -OCH3 is 1. The molecule has 1 aliphatic carbocycles. The Balaban J connectivity index is 1.45. The molecule has 9 nitrogen and oxygen atoms in total. The molecule has 0 spiro atoms. The van der Waals surface area contributed by atoms with Crippen LogP contribution in [-0.2, 0) is 6.18 Å². The second-order valence-corrected chi connectivity index (χ2v) is 9.02. The first-order chi connectivity index (χ1) is 16.8. The Bertz CT molecular complexity index is 1250. The molecule has 3 N–H and O–H groups in total. The number of nitrogens with two attached hydrogens (primary N) is 1. The lowest BCUT2D eigenvalue weighted by Crippen LogP contribution is -2.39. The van der Waals surface area contributed by atoms with Crippen molar-refractivity contribution in [3.63, 3.8) is 0 Å². The van der Waals surface area contributed by atoms with Gasteiger partial charge >= 0.3 is 6.18 Å². The maximum absolute atomic E-state index is 13.7. The third-order valence-electron chi connectivity index (χ3n) is 6.87. The lowest BCUT2D eigenvalue weighted by Gasteiger charge is -2.23. The normalized spacial score (nSPS) is 19.5. The number of likely N-dealkylation sites (tertiary alicyclic amines) is 1. The molecule has 3 aromatic rings. The van der Waals surface area contributed by atoms with E-state index in [9.17, 15) is 18.0 Å². The van der Waals surface area contributed by atoms with Gasteiger partial charge in [0.1, 0.15) is 17.4 Å². The Morgan fingerprint density at radius 1 is 1.20 bits per heavy atom. The minimum atomic E-state index is -4.67. The maximum atomic E-state index is 13.7. The molecule has 186 valence electrons. The first kappa shape index (κ1) is 23.3. The number of nitrogen functional groups attached to an aromatic ring is 1. The van der Waals surface area contributed by atoms with Crippen molar-refractivity contribution < 1.29 is 22.7 Å². The van der Waals surface area contributed by atoms with Crippen LogP contribution in [0.5, 0.6) is 5.88 Å². The fourth-order valence-electron chi connectivity index (χ4n) is 5.18. The van der Waals surface area contributed by atoms with E-state index in [1.165, 1.54) is 45.1 Å². The summed E-state index contributed by atoms with van der Waals surface area (Å²) >= 11 is 0. The van der Waals surface area contributed by atoms with Gasteiger partial charge in [-0.05, 0) is 31.4 Å². The zero-order valence-corrected chi connectivity index (χ0v) is 19.2. The molecule has 4 heterocycles. The summed E-state index contributed by atoms with van der Waals surface area (Å²) in [6.45, 7) is 1.71. The van der Waals surface area contributed by atoms with Crippen LogP contribution in [0.15, 0.2) is 24.7 Å². The number of pyridine rings is 1. The number of rotatable bonds is 5. The van der Waals surface area contributed by atoms with Gasteiger partial charge in [0.25, 0.3) is 5.91 Å². The third kappa shape index (κ3) is 4.38. The van der Waals surface area contributed by atoms with Gasteiger partial charge in [-0.25, -0.2) is 14.5 Å². The van der Waals surface area contributed by atoms with E-state index in [0.717, 1.165) is 36.4 Å². The summed E-state index contributed by atoms with van der Waals surface area (Å²) < 4.78 is 47.4. The average Bonchev–Trinajstić information content (AvgIpc) is 3.58. The van der Waals surface area contributed by atoms with Gasteiger partial charge in [0.05, 0.1) is 18.4 Å². The molecule has 1 aliphatic heterocycles. The van der Waals surface area contributed by atoms with Crippen molar-refractivity contribution >= 4 is 17.2 Å². The van der Waals surface area contributed by atoms with E-state index in [1.54, 1.807) is 0 Å². The predicted octanol–water partition coefficient (Wildman–Crippen LogP) is 3.15. The minimum Gasteiger partial charge on any atom is -0.480 e. The Hall–Kier alpha value is -3.41. The highest BCUT2D eigenvalue weighted by Gasteiger charge is 2.37. The van der Waals surface area contributed by atoms with Crippen LogP contribution >= 0.6 is 0 Å². The molecule has 1 atom stereocenters. The number of hydrogen-bond acceptors (Lipinski definition) is 7. The van der Waals surface area contributed by atoms with Crippen LogP contribution in [0.4, 0.5) is 19.0 Å². The maximum Gasteiger partial charge on any atom is 0.418 e. The van der Waals surface area contributed by atoms with E-state index in [-0.39, 0.29) is 46.0 Å². The summed E-state index contributed by atoms with van der Waals surface area (Å²) in [4.78, 5) is 23.5. The van der Waals surface area contributed by atoms with Crippen molar-refractivity contribution in [2.75, 3.05) is 25.9 Å². The van der Waals surface area contributed by atoms with E-state index in [0.29, 0.717) is 6.04 Å². The SMILES string of the molecule is COc1ncc(-c2cc(C(F)(F)F)c3c(N)ncnn23)cc1C(=O)N[C@H]1CCN(C2CCCC2)C1. The molecule has 3 aromatic heterocycles. The van der Waals surface area contributed by atoms with Crippen LogP contribution in [0.25, 0.3) is 16.8 Å². The van der Waals surface area contributed by atoms with Gasteiger partial charge in [-0.3, -0.25) is 9.69 Å². The molecule has 35 heavy (non-hydrogen) atoms. The lowest BCUT2D eigenvalue weighted by atomic mass is 10.1. The summed E-state index contributed by atoms with van der Waals surface area (Å²) in [5.74, 6) is -0.602. The number of fused-ring (bicyclic) bond motifs is 1. The zero-order valence-electron chi connectivity index (χ0n) is 19.2. The molecule has 1 amide bonds. The molecule has 0 aromatic carbocycles. The number of ether oxygens (including phenoxy) is 1. The molecule has 1 saturated heterocycles. The van der Waals surface area contributed by atoms with Gasteiger partial charge in [0.15, 0.2) is 5.82 Å². The Morgan fingerprint density at radius 3 is 2.69 bits per heavy atom. The summed E-state index contributed by atoms with van der Waals surface area (Å²) in [6.07, 6.45) is 3.46. The average molecular weight is 490 g/mol. The van der Waals surface area contributed by atoms with Crippen molar-refractivity contribution in [2.45, 2.75) is 50.4 Å². The van der Waals surface area contributed by atoms with Crippen molar-refractivity contribution in [1.82, 2.24) is 29.8 Å². The van der Waals surface area contributed by atoms with Gasteiger partial charge in [-0.1, -0.05) is 12.8 Å². The van der Waals surface area contributed by atoms with Crippen molar-refractivity contribution in [3.8, 4) is 17.1 Å². The molecule has 1 saturated carbocycles. The molecule has 2 aliphatic rings. The Morgan fingerprint density at radius 2 is 1.97 bits per heavy atom. The van der Waals surface area contributed by atoms with Crippen LogP contribution in [0.2, 0.25) is 0 Å². The van der Waals surface area contributed by atoms with E-state index in [2.05, 4.69) is 25.3 Å². The second kappa shape index (κ2) is 8.99. The zero-order chi connectivity index (χ0) is 24.7. The van der Waals surface area contributed by atoms with Gasteiger partial charge in [0, 0.05) is 36.9 Å². The molecule has 0 unspecified atom stereocenters.